The van der Waals surface area contributed by atoms with Crippen LogP contribution >= 0.6 is 0 Å². The molecule has 0 atom stereocenters. The number of carbonyl (C=O) groups excluding carboxylic acids is 1. The lowest BCUT2D eigenvalue weighted by Crippen LogP contribution is -2.15. The van der Waals surface area contributed by atoms with Crippen LogP contribution in [0.25, 0.3) is 0 Å². The Balaban J connectivity index is 3.25. The molecule has 0 unspecified atom stereocenters. The Morgan fingerprint density at radius 2 is 2.00 bits per heavy atom. The Morgan fingerprint density at radius 1 is 1.32 bits per heavy atom. The highest BCUT2D eigenvalue weighted by Crippen LogP contribution is 2.29. The molecule has 0 aliphatic rings. The Bertz CT molecular complexity index is 937. The van der Waals surface area contributed by atoms with Gasteiger partial charge in [0.25, 0.3) is 5.69 Å². The number of hydrazone groups is 1. The van der Waals surface area contributed by atoms with E-state index in [1.54, 1.807) is 13.8 Å². The number of rotatable bonds is 7. The molecule has 1 aromatic rings. The van der Waals surface area contributed by atoms with Crippen molar-refractivity contribution in [3.8, 4) is 11.8 Å². The molecule has 0 amide bonds. The number of hydrogen-bond donors (Lipinski definition) is 1. The van der Waals surface area contributed by atoms with Gasteiger partial charge in [-0.15, -0.1) is 0 Å². The van der Waals surface area contributed by atoms with E-state index in [0.717, 1.165) is 18.2 Å². The summed E-state index contributed by atoms with van der Waals surface area (Å²) in [4.78, 5) is 32.5. The number of nitro benzene ring substituents is 2. The summed E-state index contributed by atoms with van der Waals surface area (Å²) in [6, 6.07) is 3.07. The molecule has 0 bridgehead atoms. The van der Waals surface area contributed by atoms with Crippen molar-refractivity contribution in [3.05, 3.63) is 62.2 Å². The summed E-state index contributed by atoms with van der Waals surface area (Å²) in [6.07, 6.45) is 1.30. The van der Waals surface area contributed by atoms with Gasteiger partial charge in [0.1, 0.15) is 5.69 Å². The first kappa shape index (κ1) is 22.0. The maximum atomic E-state index is 12.1. The highest BCUT2D eigenvalue weighted by molar-refractivity contribution is 6.19. The monoisotopic (exact) mass is 386 g/mol. The predicted molar refractivity (Wildman–Crippen MR) is 104 cm³/mol. The van der Waals surface area contributed by atoms with Crippen LogP contribution in [0.1, 0.15) is 20.8 Å². The van der Waals surface area contributed by atoms with Crippen LogP contribution in [0.5, 0.6) is 0 Å². The van der Waals surface area contributed by atoms with Crippen molar-refractivity contribution < 1.29 is 19.4 Å². The van der Waals surface area contributed by atoms with Crippen molar-refractivity contribution in [1.29, 1.82) is 0 Å². The number of benzene rings is 1. The van der Waals surface area contributed by atoms with Crippen LogP contribution < -0.4 is 5.43 Å². The zero-order valence-electron chi connectivity index (χ0n) is 15.5. The van der Waals surface area contributed by atoms with Crippen LogP contribution in [0.15, 0.2) is 47.1 Å². The van der Waals surface area contributed by atoms with Crippen molar-refractivity contribution in [2.24, 2.45) is 5.10 Å². The van der Waals surface area contributed by atoms with E-state index in [9.17, 15) is 25.0 Å². The Kier molecular flexibility index (Phi) is 8.05. The standard InChI is InChI=1S/C18H18N4O6/c1-5-28-18(23)15(8-6-7-12(2)3)13(4)19-20-16-10-9-14(21(24)25)11-17(16)22(26)27/h8-11,20H,2,5H2,1,3-4H3/b15-8-,19-13-. The molecule has 1 N–H and O–H groups in total. The number of carbonyl (C=O) groups is 1. The fraction of sp³-hybridized carbons (Fsp3) is 0.222. The lowest BCUT2D eigenvalue weighted by atomic mass is 10.1. The molecular weight excluding hydrogens is 368 g/mol. The van der Waals surface area contributed by atoms with Crippen LogP contribution in [0.3, 0.4) is 0 Å². The minimum absolute atomic E-state index is 0.0488. The molecule has 0 aromatic heterocycles. The van der Waals surface area contributed by atoms with Crippen LogP contribution in [-0.2, 0) is 9.53 Å². The molecule has 10 heteroatoms. The molecular formula is C18H18N4O6. The second-order valence-electron chi connectivity index (χ2n) is 5.35. The quantitative estimate of drug-likeness (QED) is 0.189. The molecule has 0 heterocycles. The second-order valence-corrected chi connectivity index (χ2v) is 5.35. The number of non-ortho nitro benzene ring substituents is 1. The van der Waals surface area contributed by atoms with Gasteiger partial charge in [0, 0.05) is 12.1 Å². The maximum Gasteiger partial charge on any atom is 0.340 e. The molecule has 1 rings (SSSR count). The summed E-state index contributed by atoms with van der Waals surface area (Å²) < 4.78 is 4.95. The zero-order valence-corrected chi connectivity index (χ0v) is 15.5. The van der Waals surface area contributed by atoms with E-state index in [2.05, 4.69) is 28.9 Å². The number of esters is 1. The molecule has 0 radical (unpaired) electrons. The molecule has 0 spiro atoms. The third kappa shape index (κ3) is 6.38. The number of allylic oxidation sites excluding steroid dienone is 2. The third-order valence-electron chi connectivity index (χ3n) is 3.12. The molecule has 28 heavy (non-hydrogen) atoms. The molecule has 0 saturated heterocycles. The lowest BCUT2D eigenvalue weighted by Gasteiger charge is -2.07. The minimum atomic E-state index is -0.777. The van der Waals surface area contributed by atoms with Gasteiger partial charge in [0.2, 0.25) is 0 Å². The van der Waals surface area contributed by atoms with E-state index in [1.165, 1.54) is 13.0 Å². The van der Waals surface area contributed by atoms with E-state index in [-0.39, 0.29) is 23.6 Å². The van der Waals surface area contributed by atoms with Crippen LogP contribution in [0.4, 0.5) is 17.1 Å². The number of nitro groups is 2. The first-order valence-electron chi connectivity index (χ1n) is 7.95. The average molecular weight is 386 g/mol. The van der Waals surface area contributed by atoms with E-state index in [1.807, 2.05) is 0 Å². The van der Waals surface area contributed by atoms with Crippen LogP contribution in [-0.4, -0.2) is 28.1 Å². The molecule has 1 aromatic carbocycles. The van der Waals surface area contributed by atoms with Gasteiger partial charge in [0.15, 0.2) is 0 Å². The molecule has 0 aliphatic carbocycles. The largest absolute Gasteiger partial charge is 0.462 e. The average Bonchev–Trinajstić information content (AvgIpc) is 2.62. The highest BCUT2D eigenvalue weighted by atomic mass is 16.6. The first-order chi connectivity index (χ1) is 13.2. The van der Waals surface area contributed by atoms with Gasteiger partial charge >= 0.3 is 11.7 Å². The predicted octanol–water partition coefficient (Wildman–Crippen LogP) is 3.36. The Morgan fingerprint density at radius 3 is 2.54 bits per heavy atom. The van der Waals surface area contributed by atoms with Crippen molar-refractivity contribution in [2.75, 3.05) is 12.0 Å². The summed E-state index contributed by atoms with van der Waals surface area (Å²) in [6.45, 7) is 8.58. The Hall–Kier alpha value is -4.00. The van der Waals surface area contributed by atoms with Crippen molar-refractivity contribution in [1.82, 2.24) is 0 Å². The van der Waals surface area contributed by atoms with Crippen molar-refractivity contribution >= 4 is 28.7 Å². The summed E-state index contributed by atoms with van der Waals surface area (Å²) in [5, 5.41) is 25.9. The van der Waals surface area contributed by atoms with Crippen LogP contribution in [0, 0.1) is 32.1 Å². The summed E-state index contributed by atoms with van der Waals surface area (Å²) in [5.74, 6) is 4.67. The zero-order chi connectivity index (χ0) is 21.3. The van der Waals surface area contributed by atoms with Crippen molar-refractivity contribution in [2.45, 2.75) is 20.8 Å². The second kappa shape index (κ2) is 10.2. The maximum absolute atomic E-state index is 12.1. The molecule has 146 valence electrons. The number of nitrogens with one attached hydrogen (secondary N) is 1. The first-order valence-corrected chi connectivity index (χ1v) is 7.95. The number of ether oxygens (including phenoxy) is 1. The number of anilines is 1. The van der Waals surface area contributed by atoms with Crippen molar-refractivity contribution in [3.63, 3.8) is 0 Å². The van der Waals surface area contributed by atoms with Crippen LogP contribution in [0.2, 0.25) is 0 Å². The lowest BCUT2D eigenvalue weighted by molar-refractivity contribution is -0.393. The smallest absolute Gasteiger partial charge is 0.340 e. The van der Waals surface area contributed by atoms with Gasteiger partial charge in [-0.3, -0.25) is 25.7 Å². The topological polar surface area (TPSA) is 137 Å². The fourth-order valence-electron chi connectivity index (χ4n) is 1.83. The van der Waals surface area contributed by atoms with Gasteiger partial charge in [0.05, 0.1) is 33.8 Å². The summed E-state index contributed by atoms with van der Waals surface area (Å²) >= 11 is 0. The summed E-state index contributed by atoms with van der Waals surface area (Å²) in [5.41, 5.74) is 2.20. The SMILES string of the molecule is C=C(C)C#C/C=C(C(=O)OCC)/C(C)=N\Nc1ccc([N+](=O)[O-])cc1[N+](=O)[O-]. The van der Waals surface area contributed by atoms with Gasteiger partial charge < -0.3 is 4.74 Å². The Labute approximate surface area is 160 Å². The van der Waals surface area contributed by atoms with Gasteiger partial charge in [-0.05, 0) is 32.4 Å². The molecule has 0 aliphatic heterocycles. The molecule has 10 nitrogen and oxygen atoms in total. The van der Waals surface area contributed by atoms with E-state index in [4.69, 9.17) is 4.74 Å². The molecule has 0 saturated carbocycles. The minimum Gasteiger partial charge on any atom is -0.462 e. The third-order valence-corrected chi connectivity index (χ3v) is 3.12. The van der Waals surface area contributed by atoms with E-state index >= 15 is 0 Å². The van der Waals surface area contributed by atoms with Gasteiger partial charge in [-0.2, -0.15) is 5.10 Å². The summed E-state index contributed by atoms with van der Waals surface area (Å²) in [7, 11) is 0. The fourth-order valence-corrected chi connectivity index (χ4v) is 1.83. The highest BCUT2D eigenvalue weighted by Gasteiger charge is 2.20. The number of nitrogens with zero attached hydrogens (tertiary/aromatic N) is 3. The van der Waals surface area contributed by atoms with Gasteiger partial charge in [-0.1, -0.05) is 18.4 Å². The van der Waals surface area contributed by atoms with E-state index < -0.39 is 27.2 Å². The molecule has 0 fully saturated rings. The normalized spacial score (nSPS) is 11.1. The van der Waals surface area contributed by atoms with E-state index in [0.29, 0.717) is 5.57 Å². The van der Waals surface area contributed by atoms with Gasteiger partial charge in [-0.25, -0.2) is 4.79 Å². The number of hydrogen-bond acceptors (Lipinski definition) is 8.